The Labute approximate surface area is 151 Å². The Morgan fingerprint density at radius 2 is 1.75 bits per heavy atom. The number of aromatic nitrogens is 2. The second-order valence-electron chi connectivity index (χ2n) is 4.54. The summed E-state index contributed by atoms with van der Waals surface area (Å²) < 4.78 is 0. The van der Waals surface area contributed by atoms with Gasteiger partial charge in [-0.1, -0.05) is 23.2 Å². The molecule has 0 fully saturated rings. The van der Waals surface area contributed by atoms with E-state index < -0.39 is 11.9 Å². The first kappa shape index (κ1) is 18.3. The molecular weight excluding hydrogens is 373 g/mol. The molecule has 0 aliphatic rings. The molecule has 0 saturated carbocycles. The van der Waals surface area contributed by atoms with Crippen LogP contribution in [0.25, 0.3) is 0 Å². The molecule has 9 heteroatoms. The van der Waals surface area contributed by atoms with Gasteiger partial charge in [-0.2, -0.15) is 0 Å². The fraction of sp³-hybridized carbons (Fsp3) is 0.0667. The van der Waals surface area contributed by atoms with Crippen LogP contribution in [0.2, 0.25) is 10.3 Å². The number of nitrogens with one attached hydrogen (secondary N) is 1. The third-order valence-corrected chi connectivity index (χ3v) is 3.92. The van der Waals surface area contributed by atoms with Crippen molar-refractivity contribution < 1.29 is 14.7 Å². The fourth-order valence-electron chi connectivity index (χ4n) is 1.56. The molecule has 2 N–H and O–H groups in total. The van der Waals surface area contributed by atoms with Crippen LogP contribution in [-0.2, 0) is 9.59 Å². The number of hydrogen-bond donors (Lipinski definition) is 2. The number of halogens is 2. The van der Waals surface area contributed by atoms with E-state index in [1.54, 1.807) is 24.3 Å². The number of benzene rings is 1. The van der Waals surface area contributed by atoms with E-state index >= 15 is 0 Å². The van der Waals surface area contributed by atoms with Gasteiger partial charge < -0.3 is 10.4 Å². The van der Waals surface area contributed by atoms with E-state index in [1.807, 2.05) is 0 Å². The number of anilines is 1. The summed E-state index contributed by atoms with van der Waals surface area (Å²) in [7, 11) is 0. The van der Waals surface area contributed by atoms with Crippen LogP contribution in [-0.4, -0.2) is 27.0 Å². The number of rotatable bonds is 5. The summed E-state index contributed by atoms with van der Waals surface area (Å²) in [6.45, 7) is 1.35. The summed E-state index contributed by atoms with van der Waals surface area (Å²) in [5.41, 5.74) is 0.485. The van der Waals surface area contributed by atoms with Crippen LogP contribution in [0.5, 0.6) is 0 Å². The normalized spacial score (nSPS) is 11.2. The molecule has 124 valence electrons. The maximum Gasteiger partial charge on any atom is 0.331 e. The van der Waals surface area contributed by atoms with Crippen molar-refractivity contribution in [3.63, 3.8) is 0 Å². The van der Waals surface area contributed by atoms with Gasteiger partial charge in [-0.15, -0.1) is 0 Å². The fourth-order valence-corrected chi connectivity index (χ4v) is 2.86. The molecule has 6 nitrogen and oxygen atoms in total. The number of carboxylic acid groups (broad SMARTS) is 1. The molecule has 0 saturated heterocycles. The van der Waals surface area contributed by atoms with Crippen molar-refractivity contribution in [3.8, 4) is 0 Å². The maximum absolute atomic E-state index is 11.7. The van der Waals surface area contributed by atoms with Crippen LogP contribution in [0, 0.1) is 0 Å². The summed E-state index contributed by atoms with van der Waals surface area (Å²) in [5, 5.41) is 12.2. The lowest BCUT2D eigenvalue weighted by Crippen LogP contribution is -2.10. The molecular formula is C15H11Cl2N3O3S. The van der Waals surface area contributed by atoms with E-state index in [0.717, 1.165) is 11.0 Å². The molecule has 1 heterocycles. The van der Waals surface area contributed by atoms with Crippen molar-refractivity contribution in [2.75, 3.05) is 5.32 Å². The maximum atomic E-state index is 11.7. The van der Waals surface area contributed by atoms with Gasteiger partial charge in [0.15, 0.2) is 5.16 Å². The smallest absolute Gasteiger partial charge is 0.331 e. The molecule has 2 rings (SSSR count). The summed E-state index contributed by atoms with van der Waals surface area (Å²) in [4.78, 5) is 31.3. The number of amides is 1. The van der Waals surface area contributed by atoms with Crippen molar-refractivity contribution >= 4 is 52.5 Å². The van der Waals surface area contributed by atoms with Gasteiger partial charge >= 0.3 is 5.97 Å². The minimum absolute atomic E-state index is 0.0466. The summed E-state index contributed by atoms with van der Waals surface area (Å²) >= 11 is 12.9. The summed E-state index contributed by atoms with van der Waals surface area (Å²) in [6.07, 6.45) is 1.02. The van der Waals surface area contributed by atoms with Crippen LogP contribution in [0.15, 0.2) is 52.0 Å². The Balaban J connectivity index is 2.04. The van der Waals surface area contributed by atoms with Crippen LogP contribution in [0.1, 0.15) is 6.92 Å². The average Bonchev–Trinajstić information content (AvgIpc) is 2.48. The first-order chi connectivity index (χ1) is 11.3. The first-order valence-electron chi connectivity index (χ1n) is 6.54. The minimum atomic E-state index is -1.14. The Morgan fingerprint density at radius 1 is 1.17 bits per heavy atom. The highest BCUT2D eigenvalue weighted by Crippen LogP contribution is 2.27. The quantitative estimate of drug-likeness (QED) is 0.462. The SMILES string of the molecule is C/C(=C/C(=O)Nc1ccc(Sc2nc(Cl)cc(Cl)n2)cc1)C(=O)O. The van der Waals surface area contributed by atoms with E-state index in [0.29, 0.717) is 10.8 Å². The number of carbonyl (C=O) groups is 2. The van der Waals surface area contributed by atoms with Gasteiger partial charge in [0.2, 0.25) is 5.91 Å². The number of carbonyl (C=O) groups excluding carboxylic acids is 1. The number of carboxylic acids is 1. The van der Waals surface area contributed by atoms with Crippen LogP contribution in [0.3, 0.4) is 0 Å². The molecule has 2 aromatic rings. The van der Waals surface area contributed by atoms with Gasteiger partial charge in [-0.3, -0.25) is 4.79 Å². The first-order valence-corrected chi connectivity index (χ1v) is 8.11. The molecule has 0 spiro atoms. The van der Waals surface area contributed by atoms with E-state index in [4.69, 9.17) is 28.3 Å². The second kappa shape index (κ2) is 8.14. The third kappa shape index (κ3) is 5.52. The zero-order valence-electron chi connectivity index (χ0n) is 12.3. The summed E-state index contributed by atoms with van der Waals surface area (Å²) in [5.74, 6) is -1.66. The molecule has 0 bridgehead atoms. The Morgan fingerprint density at radius 3 is 2.29 bits per heavy atom. The Hall–Kier alpha value is -2.09. The zero-order chi connectivity index (χ0) is 17.7. The molecule has 1 amide bonds. The Kier molecular flexibility index (Phi) is 6.19. The lowest BCUT2D eigenvalue weighted by atomic mass is 10.2. The lowest BCUT2D eigenvalue weighted by molar-refractivity contribution is -0.132. The van der Waals surface area contributed by atoms with Gasteiger partial charge in [0.25, 0.3) is 0 Å². The lowest BCUT2D eigenvalue weighted by Gasteiger charge is -2.05. The van der Waals surface area contributed by atoms with Gasteiger partial charge in [0.05, 0.1) is 0 Å². The molecule has 0 radical (unpaired) electrons. The highest BCUT2D eigenvalue weighted by atomic mass is 35.5. The van der Waals surface area contributed by atoms with E-state index in [9.17, 15) is 9.59 Å². The second-order valence-corrected chi connectivity index (χ2v) is 6.36. The zero-order valence-corrected chi connectivity index (χ0v) is 14.6. The molecule has 24 heavy (non-hydrogen) atoms. The average molecular weight is 384 g/mol. The molecule has 1 aromatic carbocycles. The van der Waals surface area contributed by atoms with E-state index in [1.165, 1.54) is 24.8 Å². The third-order valence-electron chi connectivity index (χ3n) is 2.66. The van der Waals surface area contributed by atoms with E-state index in [-0.39, 0.29) is 15.9 Å². The van der Waals surface area contributed by atoms with Gasteiger partial charge in [0, 0.05) is 28.3 Å². The van der Waals surface area contributed by atoms with Crippen molar-refractivity contribution in [2.24, 2.45) is 0 Å². The largest absolute Gasteiger partial charge is 0.478 e. The van der Waals surface area contributed by atoms with Crippen molar-refractivity contribution in [3.05, 3.63) is 52.3 Å². The van der Waals surface area contributed by atoms with Crippen molar-refractivity contribution in [2.45, 2.75) is 17.0 Å². The number of nitrogens with zero attached hydrogens (tertiary/aromatic N) is 2. The van der Waals surface area contributed by atoms with Gasteiger partial charge in [-0.25, -0.2) is 14.8 Å². The molecule has 0 unspecified atom stereocenters. The monoisotopic (exact) mass is 383 g/mol. The highest BCUT2D eigenvalue weighted by Gasteiger charge is 2.07. The van der Waals surface area contributed by atoms with Gasteiger partial charge in [-0.05, 0) is 43.0 Å². The molecule has 1 aromatic heterocycles. The Bertz CT molecular complexity index is 790. The molecule has 0 aliphatic heterocycles. The van der Waals surface area contributed by atoms with E-state index in [2.05, 4.69) is 15.3 Å². The van der Waals surface area contributed by atoms with Gasteiger partial charge in [0.1, 0.15) is 10.3 Å². The van der Waals surface area contributed by atoms with Crippen LogP contribution in [0.4, 0.5) is 5.69 Å². The predicted octanol–water partition coefficient (Wildman–Crippen LogP) is 3.90. The van der Waals surface area contributed by atoms with Crippen LogP contribution >= 0.6 is 35.0 Å². The minimum Gasteiger partial charge on any atom is -0.478 e. The number of hydrogen-bond acceptors (Lipinski definition) is 5. The molecule has 0 aliphatic carbocycles. The van der Waals surface area contributed by atoms with Crippen LogP contribution < -0.4 is 5.32 Å². The molecule has 0 atom stereocenters. The topological polar surface area (TPSA) is 92.2 Å². The highest BCUT2D eigenvalue weighted by molar-refractivity contribution is 7.99. The number of aliphatic carboxylic acids is 1. The summed E-state index contributed by atoms with van der Waals surface area (Å²) in [6, 6.07) is 8.31. The van der Waals surface area contributed by atoms with Crippen molar-refractivity contribution in [1.29, 1.82) is 0 Å². The predicted molar refractivity (Wildman–Crippen MR) is 92.6 cm³/mol. The standard InChI is InChI=1S/C15H11Cl2N3O3S/c1-8(14(22)23)6-13(21)18-9-2-4-10(5-3-9)24-15-19-11(16)7-12(17)20-15/h2-7H,1H3,(H,18,21)(H,22,23)/b8-6-. The van der Waals surface area contributed by atoms with Crippen molar-refractivity contribution in [1.82, 2.24) is 9.97 Å².